The maximum atomic E-state index is 14.5. The van der Waals surface area contributed by atoms with Crippen LogP contribution in [0.25, 0.3) is 0 Å². The summed E-state index contributed by atoms with van der Waals surface area (Å²) in [5.41, 5.74) is 1.38. The van der Waals surface area contributed by atoms with Gasteiger partial charge in [-0.1, -0.05) is 24.3 Å². The normalized spacial score (nSPS) is 22.7. The molecule has 1 unspecified atom stereocenters. The third-order valence-corrected chi connectivity index (χ3v) is 5.61. The Morgan fingerprint density at radius 2 is 1.97 bits per heavy atom. The Kier molecular flexibility index (Phi) is 5.64. The lowest BCUT2D eigenvalue weighted by Crippen LogP contribution is -2.47. The fraction of sp³-hybridized carbons (Fsp3) is 0.429. The third-order valence-electron chi connectivity index (χ3n) is 5.61. The van der Waals surface area contributed by atoms with Gasteiger partial charge in [0.1, 0.15) is 5.82 Å². The van der Waals surface area contributed by atoms with Gasteiger partial charge in [-0.05, 0) is 6.07 Å². The molecule has 1 N–H and O–H groups in total. The molecule has 3 heterocycles. The highest BCUT2D eigenvalue weighted by Gasteiger charge is 2.44. The monoisotopic (exact) mass is 400 g/mol. The quantitative estimate of drug-likeness (QED) is 0.736. The van der Waals surface area contributed by atoms with Crippen LogP contribution in [0.2, 0.25) is 0 Å². The van der Waals surface area contributed by atoms with Gasteiger partial charge in [0.05, 0.1) is 37.1 Å². The number of benzene rings is 1. The Morgan fingerprint density at radius 3 is 2.69 bits per heavy atom. The predicted molar refractivity (Wildman–Crippen MR) is 105 cm³/mol. The van der Waals surface area contributed by atoms with Gasteiger partial charge in [0.25, 0.3) is 5.91 Å². The van der Waals surface area contributed by atoms with Crippen LogP contribution in [-0.2, 0) is 9.53 Å². The minimum absolute atomic E-state index is 0.157. The largest absolute Gasteiger partial charge is 0.379 e. The van der Waals surface area contributed by atoms with Crippen molar-refractivity contribution in [2.45, 2.75) is 6.04 Å². The molecule has 0 aliphatic carbocycles. The SMILES string of the molecule is C=CCN1C(=O)NC(c2ccccc2F)C2=C1CN(CCN1CCOCC1)C2=O. The molecule has 29 heavy (non-hydrogen) atoms. The number of halogens is 1. The lowest BCUT2D eigenvalue weighted by atomic mass is 9.95. The summed E-state index contributed by atoms with van der Waals surface area (Å²) in [4.78, 5) is 31.5. The van der Waals surface area contributed by atoms with Gasteiger partial charge in [0, 0.05) is 38.3 Å². The molecule has 3 aliphatic heterocycles. The van der Waals surface area contributed by atoms with Crippen molar-refractivity contribution in [2.75, 3.05) is 52.5 Å². The highest BCUT2D eigenvalue weighted by Crippen LogP contribution is 2.36. The molecular formula is C21H25FN4O3. The van der Waals surface area contributed by atoms with Gasteiger partial charge in [-0.2, -0.15) is 0 Å². The van der Waals surface area contributed by atoms with E-state index in [0.29, 0.717) is 49.7 Å². The second kappa shape index (κ2) is 8.34. The zero-order valence-corrected chi connectivity index (χ0v) is 16.3. The number of morpholine rings is 1. The van der Waals surface area contributed by atoms with Crippen molar-refractivity contribution in [2.24, 2.45) is 0 Å². The summed E-state index contributed by atoms with van der Waals surface area (Å²) in [6.07, 6.45) is 1.62. The van der Waals surface area contributed by atoms with Gasteiger partial charge in [-0.15, -0.1) is 6.58 Å². The molecule has 8 heteroatoms. The van der Waals surface area contributed by atoms with E-state index in [1.54, 1.807) is 29.2 Å². The van der Waals surface area contributed by atoms with E-state index < -0.39 is 11.9 Å². The summed E-state index contributed by atoms with van der Waals surface area (Å²) in [7, 11) is 0. The summed E-state index contributed by atoms with van der Waals surface area (Å²) in [5, 5.41) is 2.80. The molecule has 1 saturated heterocycles. The van der Waals surface area contributed by atoms with E-state index in [0.717, 1.165) is 19.6 Å². The van der Waals surface area contributed by atoms with E-state index >= 15 is 0 Å². The molecule has 3 aliphatic rings. The summed E-state index contributed by atoms with van der Waals surface area (Å²) in [5.74, 6) is -0.600. The Labute approximate surface area is 169 Å². The number of hydrogen-bond acceptors (Lipinski definition) is 4. The summed E-state index contributed by atoms with van der Waals surface area (Å²) >= 11 is 0. The molecule has 1 atom stereocenters. The maximum Gasteiger partial charge on any atom is 0.322 e. The van der Waals surface area contributed by atoms with Crippen LogP contribution in [0.1, 0.15) is 11.6 Å². The number of nitrogens with zero attached hydrogens (tertiary/aromatic N) is 3. The summed E-state index contributed by atoms with van der Waals surface area (Å²) < 4.78 is 19.8. The highest BCUT2D eigenvalue weighted by molar-refractivity contribution is 6.01. The first kappa shape index (κ1) is 19.6. The Balaban J connectivity index is 1.60. The molecule has 0 aromatic heterocycles. The molecule has 154 valence electrons. The van der Waals surface area contributed by atoms with Gasteiger partial charge in [0.2, 0.25) is 0 Å². The maximum absolute atomic E-state index is 14.5. The van der Waals surface area contributed by atoms with Crippen LogP contribution in [0, 0.1) is 5.82 Å². The van der Waals surface area contributed by atoms with Gasteiger partial charge < -0.3 is 15.0 Å². The molecule has 0 radical (unpaired) electrons. The third kappa shape index (κ3) is 3.77. The van der Waals surface area contributed by atoms with Crippen molar-refractivity contribution in [1.29, 1.82) is 0 Å². The van der Waals surface area contributed by atoms with E-state index in [9.17, 15) is 14.0 Å². The number of nitrogens with one attached hydrogen (secondary N) is 1. The number of carbonyl (C=O) groups is 2. The van der Waals surface area contributed by atoms with Crippen molar-refractivity contribution in [3.05, 3.63) is 59.6 Å². The molecule has 1 aromatic carbocycles. The smallest absolute Gasteiger partial charge is 0.322 e. The van der Waals surface area contributed by atoms with Crippen molar-refractivity contribution in [3.63, 3.8) is 0 Å². The number of amides is 3. The van der Waals surface area contributed by atoms with E-state index in [1.165, 1.54) is 11.0 Å². The van der Waals surface area contributed by atoms with Crippen molar-refractivity contribution >= 4 is 11.9 Å². The van der Waals surface area contributed by atoms with E-state index in [4.69, 9.17) is 4.74 Å². The molecule has 1 fully saturated rings. The molecule has 0 spiro atoms. The van der Waals surface area contributed by atoms with Crippen molar-refractivity contribution < 1.29 is 18.7 Å². The topological polar surface area (TPSA) is 65.1 Å². The standard InChI is InChI=1S/C21H25FN4O3/c1-2-7-26-17-14-25(9-8-24-10-12-29-13-11-24)20(27)18(17)19(23-21(26)28)15-5-3-4-6-16(15)22/h2-6,19H,1,7-14H2,(H,23,28). The second-order valence-electron chi connectivity index (χ2n) is 7.34. The van der Waals surface area contributed by atoms with Crippen molar-refractivity contribution in [3.8, 4) is 0 Å². The van der Waals surface area contributed by atoms with Gasteiger partial charge in [-0.25, -0.2) is 9.18 Å². The zero-order valence-electron chi connectivity index (χ0n) is 16.3. The first-order valence-corrected chi connectivity index (χ1v) is 9.86. The Bertz CT molecular complexity index is 850. The van der Waals surface area contributed by atoms with E-state index in [1.807, 2.05) is 0 Å². The lowest BCUT2D eigenvalue weighted by Gasteiger charge is -2.33. The Hall–Kier alpha value is -2.71. The van der Waals surface area contributed by atoms with Crippen LogP contribution >= 0.6 is 0 Å². The van der Waals surface area contributed by atoms with E-state index in [2.05, 4.69) is 16.8 Å². The van der Waals surface area contributed by atoms with Crippen LogP contribution in [0.5, 0.6) is 0 Å². The predicted octanol–water partition coefficient (Wildman–Crippen LogP) is 1.51. The first-order valence-electron chi connectivity index (χ1n) is 9.86. The van der Waals surface area contributed by atoms with Gasteiger partial charge in [-0.3, -0.25) is 14.6 Å². The molecule has 0 saturated carbocycles. The van der Waals surface area contributed by atoms with Gasteiger partial charge >= 0.3 is 6.03 Å². The number of rotatable bonds is 6. The average Bonchev–Trinajstić information content (AvgIpc) is 3.06. The van der Waals surface area contributed by atoms with Crippen LogP contribution in [0.15, 0.2) is 48.2 Å². The fourth-order valence-corrected chi connectivity index (χ4v) is 4.08. The average molecular weight is 400 g/mol. The van der Waals surface area contributed by atoms with Crippen LogP contribution < -0.4 is 5.32 Å². The molecule has 0 bridgehead atoms. The number of carbonyl (C=O) groups excluding carboxylic acids is 2. The summed E-state index contributed by atoms with van der Waals surface area (Å²) in [6.45, 7) is 8.71. The number of hydrogen-bond donors (Lipinski definition) is 1. The van der Waals surface area contributed by atoms with Crippen molar-refractivity contribution in [1.82, 2.24) is 20.0 Å². The van der Waals surface area contributed by atoms with E-state index in [-0.39, 0.29) is 11.9 Å². The summed E-state index contributed by atoms with van der Waals surface area (Å²) in [6, 6.07) is 5.11. The molecular weight excluding hydrogens is 375 g/mol. The number of urea groups is 1. The lowest BCUT2D eigenvalue weighted by molar-refractivity contribution is -0.126. The first-order chi connectivity index (χ1) is 14.1. The Morgan fingerprint density at radius 1 is 1.21 bits per heavy atom. The van der Waals surface area contributed by atoms with Crippen LogP contribution in [0.4, 0.5) is 9.18 Å². The fourth-order valence-electron chi connectivity index (χ4n) is 4.08. The van der Waals surface area contributed by atoms with Gasteiger partial charge in [0.15, 0.2) is 0 Å². The molecule has 1 aromatic rings. The molecule has 7 nitrogen and oxygen atoms in total. The van der Waals surface area contributed by atoms with Crippen LogP contribution in [-0.4, -0.2) is 79.1 Å². The van der Waals surface area contributed by atoms with Crippen LogP contribution in [0.3, 0.4) is 0 Å². The molecule has 4 rings (SSSR count). The minimum atomic E-state index is -0.791. The molecule has 3 amide bonds. The number of ether oxygens (including phenoxy) is 1. The zero-order chi connectivity index (χ0) is 20.4. The second-order valence-corrected chi connectivity index (χ2v) is 7.34. The highest BCUT2D eigenvalue weighted by atomic mass is 19.1. The minimum Gasteiger partial charge on any atom is -0.379 e.